The van der Waals surface area contributed by atoms with Gasteiger partial charge < -0.3 is 16.2 Å². The quantitative estimate of drug-likeness (QED) is 0.781. The van der Waals surface area contributed by atoms with Crippen molar-refractivity contribution in [1.82, 2.24) is 4.98 Å². The monoisotopic (exact) mass is 257 g/mol. The number of carbonyl (C=O) groups is 1. The highest BCUT2D eigenvalue weighted by Gasteiger charge is 2.17. The number of hydrogen-bond donors (Lipinski definition) is 3. The summed E-state index contributed by atoms with van der Waals surface area (Å²) in [5.74, 6) is -0.379. The van der Waals surface area contributed by atoms with Gasteiger partial charge in [0.05, 0.1) is 0 Å². The van der Waals surface area contributed by atoms with Gasteiger partial charge in [0.2, 0.25) is 5.91 Å². The second-order valence-corrected chi connectivity index (χ2v) is 4.20. The van der Waals surface area contributed by atoms with E-state index in [9.17, 15) is 9.90 Å². The second-order valence-electron chi connectivity index (χ2n) is 4.20. The van der Waals surface area contributed by atoms with E-state index in [1.807, 2.05) is 18.2 Å². The molecule has 1 aromatic carbocycles. The Morgan fingerprint density at radius 2 is 1.95 bits per heavy atom. The normalized spacial score (nSPS) is 11.9. The Kier molecular flexibility index (Phi) is 3.77. The van der Waals surface area contributed by atoms with Crippen molar-refractivity contribution in [2.45, 2.75) is 13.0 Å². The van der Waals surface area contributed by atoms with E-state index in [2.05, 4.69) is 10.3 Å². The average molecular weight is 257 g/mol. The first-order valence-electron chi connectivity index (χ1n) is 5.86. The summed E-state index contributed by atoms with van der Waals surface area (Å²) in [5, 5.41) is 12.1. The van der Waals surface area contributed by atoms with Crippen molar-refractivity contribution < 1.29 is 9.90 Å². The van der Waals surface area contributed by atoms with Gasteiger partial charge in [-0.25, -0.2) is 4.98 Å². The standard InChI is InChI=1S/C14H15N3O2/c1-9-7-8-11(18)13(16-9)17-14(19)12(15)10-5-3-2-4-6-10/h2-8,12,18H,15H2,1H3,(H,16,17,19)/t12-/m1/s1. The van der Waals surface area contributed by atoms with Crippen LogP contribution in [0, 0.1) is 6.92 Å². The summed E-state index contributed by atoms with van der Waals surface area (Å²) in [6.45, 7) is 1.77. The van der Waals surface area contributed by atoms with Gasteiger partial charge in [-0.1, -0.05) is 30.3 Å². The fourth-order valence-electron chi connectivity index (χ4n) is 1.65. The number of aryl methyl sites for hydroxylation is 1. The molecule has 98 valence electrons. The molecule has 1 amide bonds. The van der Waals surface area contributed by atoms with Gasteiger partial charge in [-0.05, 0) is 24.6 Å². The number of carbonyl (C=O) groups excluding carboxylic acids is 1. The molecular formula is C14H15N3O2. The highest BCUT2D eigenvalue weighted by atomic mass is 16.3. The van der Waals surface area contributed by atoms with Gasteiger partial charge in [-0.3, -0.25) is 4.79 Å². The predicted molar refractivity (Wildman–Crippen MR) is 72.6 cm³/mol. The fourth-order valence-corrected chi connectivity index (χ4v) is 1.65. The molecule has 0 aliphatic rings. The number of rotatable bonds is 3. The van der Waals surface area contributed by atoms with Crippen molar-refractivity contribution in [3.05, 3.63) is 53.7 Å². The summed E-state index contributed by atoms with van der Waals surface area (Å²) in [4.78, 5) is 16.0. The van der Waals surface area contributed by atoms with E-state index in [1.54, 1.807) is 25.1 Å². The number of aromatic hydroxyl groups is 1. The number of aromatic nitrogens is 1. The highest BCUT2D eigenvalue weighted by molar-refractivity contribution is 5.95. The van der Waals surface area contributed by atoms with Crippen LogP contribution in [-0.4, -0.2) is 16.0 Å². The van der Waals surface area contributed by atoms with E-state index in [4.69, 9.17) is 5.73 Å². The van der Waals surface area contributed by atoms with Crippen LogP contribution >= 0.6 is 0 Å². The summed E-state index contributed by atoms with van der Waals surface area (Å²) in [6, 6.07) is 11.3. The SMILES string of the molecule is Cc1ccc(O)c(NC(=O)[C@H](N)c2ccccc2)n1. The van der Waals surface area contributed by atoms with Crippen molar-refractivity contribution in [2.75, 3.05) is 5.32 Å². The lowest BCUT2D eigenvalue weighted by Crippen LogP contribution is -2.28. The van der Waals surface area contributed by atoms with Crippen molar-refractivity contribution in [3.63, 3.8) is 0 Å². The molecule has 0 saturated heterocycles. The largest absolute Gasteiger partial charge is 0.504 e. The Labute approximate surface area is 111 Å². The Morgan fingerprint density at radius 1 is 1.26 bits per heavy atom. The molecular weight excluding hydrogens is 242 g/mol. The fraction of sp³-hybridized carbons (Fsp3) is 0.143. The minimum atomic E-state index is -0.803. The zero-order valence-corrected chi connectivity index (χ0v) is 10.5. The molecule has 5 heteroatoms. The molecule has 0 bridgehead atoms. The number of pyridine rings is 1. The third kappa shape index (κ3) is 3.08. The van der Waals surface area contributed by atoms with Crippen LogP contribution in [-0.2, 0) is 4.79 Å². The van der Waals surface area contributed by atoms with Crippen LogP contribution < -0.4 is 11.1 Å². The number of nitrogens with zero attached hydrogens (tertiary/aromatic N) is 1. The van der Waals surface area contributed by atoms with Crippen LogP contribution in [0.2, 0.25) is 0 Å². The van der Waals surface area contributed by atoms with Crippen molar-refractivity contribution in [3.8, 4) is 5.75 Å². The molecule has 2 aromatic rings. The van der Waals surface area contributed by atoms with Crippen LogP contribution in [0.4, 0.5) is 5.82 Å². The zero-order valence-electron chi connectivity index (χ0n) is 10.5. The lowest BCUT2D eigenvalue weighted by molar-refractivity contribution is -0.117. The van der Waals surface area contributed by atoms with E-state index in [0.29, 0.717) is 11.3 Å². The van der Waals surface area contributed by atoms with Crippen LogP contribution in [0.1, 0.15) is 17.3 Å². The molecule has 0 saturated carbocycles. The average Bonchev–Trinajstić information content (AvgIpc) is 2.43. The minimum absolute atomic E-state index is 0.0841. The van der Waals surface area contributed by atoms with Gasteiger partial charge in [0.15, 0.2) is 11.6 Å². The first kappa shape index (κ1) is 13.0. The predicted octanol–water partition coefficient (Wildman–Crippen LogP) is 1.73. The molecule has 1 aromatic heterocycles. The number of benzene rings is 1. The summed E-state index contributed by atoms with van der Waals surface area (Å²) in [5.41, 5.74) is 7.25. The van der Waals surface area contributed by atoms with Crippen molar-refractivity contribution in [2.24, 2.45) is 5.73 Å². The molecule has 0 spiro atoms. The summed E-state index contributed by atoms with van der Waals surface area (Å²) >= 11 is 0. The van der Waals surface area contributed by atoms with E-state index in [-0.39, 0.29) is 11.6 Å². The van der Waals surface area contributed by atoms with E-state index in [0.717, 1.165) is 0 Å². The maximum absolute atomic E-state index is 12.0. The topological polar surface area (TPSA) is 88.2 Å². The van der Waals surface area contributed by atoms with Gasteiger partial charge in [-0.2, -0.15) is 0 Å². The van der Waals surface area contributed by atoms with Crippen molar-refractivity contribution >= 4 is 11.7 Å². The molecule has 0 radical (unpaired) electrons. The maximum atomic E-state index is 12.0. The number of amides is 1. The van der Waals surface area contributed by atoms with Gasteiger partial charge in [0.25, 0.3) is 0 Å². The van der Waals surface area contributed by atoms with Gasteiger partial charge in [-0.15, -0.1) is 0 Å². The van der Waals surface area contributed by atoms with E-state index >= 15 is 0 Å². The summed E-state index contributed by atoms with van der Waals surface area (Å²) < 4.78 is 0. The Hall–Kier alpha value is -2.40. The Balaban J connectivity index is 2.15. The third-order valence-electron chi connectivity index (χ3n) is 2.70. The molecule has 19 heavy (non-hydrogen) atoms. The first-order chi connectivity index (χ1) is 9.08. The van der Waals surface area contributed by atoms with Crippen LogP contribution in [0.3, 0.4) is 0 Å². The number of hydrogen-bond acceptors (Lipinski definition) is 4. The zero-order chi connectivity index (χ0) is 13.8. The molecule has 0 aliphatic heterocycles. The Morgan fingerprint density at radius 3 is 2.63 bits per heavy atom. The second kappa shape index (κ2) is 5.49. The lowest BCUT2D eigenvalue weighted by atomic mass is 10.1. The lowest BCUT2D eigenvalue weighted by Gasteiger charge is -2.13. The molecule has 1 atom stereocenters. The van der Waals surface area contributed by atoms with Crippen LogP contribution in [0.5, 0.6) is 5.75 Å². The molecule has 0 unspecified atom stereocenters. The number of nitrogens with two attached hydrogens (primary N) is 1. The van der Waals surface area contributed by atoms with Crippen LogP contribution in [0.25, 0.3) is 0 Å². The molecule has 2 rings (SSSR count). The maximum Gasteiger partial charge on any atom is 0.247 e. The van der Waals surface area contributed by atoms with Gasteiger partial charge in [0, 0.05) is 5.69 Å². The van der Waals surface area contributed by atoms with E-state index < -0.39 is 11.9 Å². The highest BCUT2D eigenvalue weighted by Crippen LogP contribution is 2.21. The molecule has 0 aliphatic carbocycles. The smallest absolute Gasteiger partial charge is 0.247 e. The minimum Gasteiger partial charge on any atom is -0.504 e. The Bertz CT molecular complexity index is 584. The van der Waals surface area contributed by atoms with Crippen molar-refractivity contribution in [1.29, 1.82) is 0 Å². The third-order valence-corrected chi connectivity index (χ3v) is 2.70. The van der Waals surface area contributed by atoms with Crippen LogP contribution in [0.15, 0.2) is 42.5 Å². The molecule has 4 N–H and O–H groups in total. The molecule has 0 fully saturated rings. The van der Waals surface area contributed by atoms with E-state index in [1.165, 1.54) is 6.07 Å². The van der Waals surface area contributed by atoms with Gasteiger partial charge in [0.1, 0.15) is 6.04 Å². The molecule has 5 nitrogen and oxygen atoms in total. The first-order valence-corrected chi connectivity index (χ1v) is 5.86. The molecule has 1 heterocycles. The number of anilines is 1. The number of nitrogens with one attached hydrogen (secondary N) is 1. The summed E-state index contributed by atoms with van der Waals surface area (Å²) in [7, 11) is 0. The summed E-state index contributed by atoms with van der Waals surface area (Å²) in [6.07, 6.45) is 0. The van der Waals surface area contributed by atoms with Gasteiger partial charge >= 0.3 is 0 Å².